The van der Waals surface area contributed by atoms with Crippen LogP contribution in [0.2, 0.25) is 0 Å². The van der Waals surface area contributed by atoms with Gasteiger partial charge in [0.2, 0.25) is 0 Å². The molecule has 0 spiro atoms. The van der Waals surface area contributed by atoms with Crippen molar-refractivity contribution in [1.82, 2.24) is 10.3 Å². The molecule has 0 saturated heterocycles. The molecule has 1 heterocycles. The van der Waals surface area contributed by atoms with Crippen LogP contribution in [0.3, 0.4) is 0 Å². The minimum atomic E-state index is 0.863. The van der Waals surface area contributed by atoms with Crippen LogP contribution in [0.1, 0.15) is 5.56 Å². The van der Waals surface area contributed by atoms with Crippen molar-refractivity contribution in [3.05, 3.63) is 23.8 Å². The first-order valence-electron chi connectivity index (χ1n) is 4.15. The van der Waals surface area contributed by atoms with Crippen LogP contribution in [0, 0.1) is 0 Å². The smallest absolute Gasteiger partial charge is 0.115 e. The van der Waals surface area contributed by atoms with E-state index in [0.29, 0.717) is 0 Å². The zero-order valence-electron chi connectivity index (χ0n) is 7.73. The van der Waals surface area contributed by atoms with Crippen LogP contribution in [-0.4, -0.2) is 19.0 Å². The second-order valence-electron chi connectivity index (χ2n) is 3.35. The highest BCUT2D eigenvalue weighted by atomic mass is 15.5. The number of fused-ring (bicyclic) bond motifs is 1. The topological polar surface area (TPSA) is 42.1 Å². The summed E-state index contributed by atoms with van der Waals surface area (Å²) in [6.45, 7) is 0.919. The Morgan fingerprint density at radius 1 is 1.23 bits per heavy atom. The fourth-order valence-electron chi connectivity index (χ4n) is 1.32. The minimum absolute atomic E-state index is 0.863. The maximum Gasteiger partial charge on any atom is 0.115 e. The summed E-state index contributed by atoms with van der Waals surface area (Å²) in [4.78, 5) is 2.12. The Labute approximate surface area is 77.2 Å². The average molecular weight is 175 g/mol. The van der Waals surface area contributed by atoms with Gasteiger partial charge in [0.05, 0.1) is 0 Å². The van der Waals surface area contributed by atoms with Crippen molar-refractivity contribution in [1.29, 1.82) is 0 Å². The fraction of sp³-hybridized carbons (Fsp3) is 0.333. The third-order valence-corrected chi connectivity index (χ3v) is 1.84. The van der Waals surface area contributed by atoms with Gasteiger partial charge in [0.1, 0.15) is 11.4 Å². The van der Waals surface area contributed by atoms with Crippen LogP contribution in [0.5, 0.6) is 0 Å². The third kappa shape index (κ3) is 1.67. The largest absolute Gasteiger partial charge is 0.305 e. The van der Waals surface area contributed by atoms with Gasteiger partial charge in [-0.15, -0.1) is 10.5 Å². The number of hydrogen-bond donors (Lipinski definition) is 0. The van der Waals surface area contributed by atoms with E-state index in [0.717, 1.165) is 17.9 Å². The van der Waals surface area contributed by atoms with Crippen LogP contribution < -0.4 is 5.43 Å². The molecular weight excluding hydrogens is 164 g/mol. The van der Waals surface area contributed by atoms with Crippen LogP contribution in [0.15, 0.2) is 28.5 Å². The van der Waals surface area contributed by atoms with Crippen LogP contribution in [0.4, 0.5) is 11.4 Å². The van der Waals surface area contributed by atoms with E-state index in [1.165, 1.54) is 5.56 Å². The molecule has 4 nitrogen and oxygen atoms in total. The maximum atomic E-state index is 3.91. The van der Waals surface area contributed by atoms with Crippen LogP contribution in [-0.2, 0) is 6.54 Å². The summed E-state index contributed by atoms with van der Waals surface area (Å²) in [7, 11) is 4.08. The highest BCUT2D eigenvalue weighted by Crippen LogP contribution is 2.31. The molecule has 0 bridgehead atoms. The molecule has 13 heavy (non-hydrogen) atoms. The molecular formula is C9H11N4. The second-order valence-corrected chi connectivity index (χ2v) is 3.35. The van der Waals surface area contributed by atoms with Crippen molar-refractivity contribution in [3.8, 4) is 0 Å². The highest BCUT2D eigenvalue weighted by Gasteiger charge is 2.09. The lowest BCUT2D eigenvalue weighted by Gasteiger charge is -2.09. The molecule has 1 aliphatic rings. The van der Waals surface area contributed by atoms with E-state index in [4.69, 9.17) is 0 Å². The van der Waals surface area contributed by atoms with Gasteiger partial charge in [0.15, 0.2) is 0 Å². The van der Waals surface area contributed by atoms with Crippen LogP contribution >= 0.6 is 0 Å². The van der Waals surface area contributed by atoms with Crippen LogP contribution in [0.25, 0.3) is 0 Å². The third-order valence-electron chi connectivity index (χ3n) is 1.84. The normalized spacial score (nSPS) is 13.2. The molecule has 0 amide bonds. The molecule has 2 rings (SSSR count). The number of nitrogens with zero attached hydrogens (tertiary/aromatic N) is 4. The van der Waals surface area contributed by atoms with Crippen molar-refractivity contribution in [3.63, 3.8) is 0 Å². The van der Waals surface area contributed by atoms with Gasteiger partial charge >= 0.3 is 0 Å². The van der Waals surface area contributed by atoms with Gasteiger partial charge in [-0.1, -0.05) is 6.07 Å². The summed E-state index contributed by atoms with van der Waals surface area (Å²) in [5.74, 6) is 0. The average Bonchev–Trinajstić information content (AvgIpc) is 2.49. The van der Waals surface area contributed by atoms with Crippen molar-refractivity contribution in [2.75, 3.05) is 14.1 Å². The van der Waals surface area contributed by atoms with E-state index in [1.807, 2.05) is 26.2 Å². The maximum absolute atomic E-state index is 3.91. The van der Waals surface area contributed by atoms with Crippen molar-refractivity contribution < 1.29 is 0 Å². The highest BCUT2D eigenvalue weighted by molar-refractivity contribution is 5.63. The van der Waals surface area contributed by atoms with Crippen molar-refractivity contribution in [2.45, 2.75) is 6.54 Å². The Hall–Kier alpha value is -1.42. The molecule has 1 aliphatic heterocycles. The number of hydrogen-bond acceptors (Lipinski definition) is 3. The van der Waals surface area contributed by atoms with E-state index in [1.54, 1.807) is 0 Å². The van der Waals surface area contributed by atoms with Gasteiger partial charge in [0.25, 0.3) is 0 Å². The predicted octanol–water partition coefficient (Wildman–Crippen LogP) is 2.00. The Morgan fingerprint density at radius 3 is 2.85 bits per heavy atom. The molecule has 4 heteroatoms. The lowest BCUT2D eigenvalue weighted by molar-refractivity contribution is 0.402. The predicted molar refractivity (Wildman–Crippen MR) is 50.1 cm³/mol. The molecule has 1 aromatic rings. The zero-order chi connectivity index (χ0) is 9.26. The van der Waals surface area contributed by atoms with Crippen molar-refractivity contribution in [2.24, 2.45) is 10.3 Å². The zero-order valence-corrected chi connectivity index (χ0v) is 7.73. The molecule has 0 N–H and O–H groups in total. The second kappa shape index (κ2) is 3.14. The first-order valence-corrected chi connectivity index (χ1v) is 4.15. The molecule has 67 valence electrons. The Kier molecular flexibility index (Phi) is 1.98. The number of benzene rings is 1. The lowest BCUT2D eigenvalue weighted by Crippen LogP contribution is -2.10. The monoisotopic (exact) mass is 175 g/mol. The molecule has 0 unspecified atom stereocenters. The molecule has 0 fully saturated rings. The van der Waals surface area contributed by atoms with Gasteiger partial charge in [-0.2, -0.15) is 0 Å². The molecule has 0 saturated carbocycles. The fourth-order valence-corrected chi connectivity index (χ4v) is 1.32. The number of rotatable bonds is 2. The lowest BCUT2D eigenvalue weighted by atomic mass is 10.1. The van der Waals surface area contributed by atoms with Gasteiger partial charge in [0, 0.05) is 6.54 Å². The molecule has 0 atom stereocenters. The summed E-state index contributed by atoms with van der Waals surface area (Å²) in [5, 5.41) is 7.47. The molecule has 0 aliphatic carbocycles. The Morgan fingerprint density at radius 2 is 2.08 bits per heavy atom. The molecule has 0 aromatic heterocycles. The van der Waals surface area contributed by atoms with E-state index >= 15 is 0 Å². The Bertz CT molecular complexity index is 343. The summed E-state index contributed by atoms with van der Waals surface area (Å²) in [5.41, 5.74) is 6.88. The van der Waals surface area contributed by atoms with Gasteiger partial charge < -0.3 is 4.90 Å². The van der Waals surface area contributed by atoms with Gasteiger partial charge in [-0.25, -0.2) is 0 Å². The van der Waals surface area contributed by atoms with E-state index < -0.39 is 0 Å². The van der Waals surface area contributed by atoms with Crippen molar-refractivity contribution >= 4 is 11.4 Å². The minimum Gasteiger partial charge on any atom is -0.305 e. The van der Waals surface area contributed by atoms with E-state index in [2.05, 4.69) is 26.7 Å². The standard InChI is InChI=1S/C9H11N4/c1-13(2)6-7-3-4-8-9(5-7)11-12-10-8/h3-5H,6H2,1-2H3. The first kappa shape index (κ1) is 8.19. The van der Waals surface area contributed by atoms with E-state index in [-0.39, 0.29) is 0 Å². The van der Waals surface area contributed by atoms with Gasteiger partial charge in [-0.3, -0.25) is 0 Å². The molecule has 1 radical (unpaired) electrons. The summed E-state index contributed by atoms with van der Waals surface area (Å²) in [6, 6.07) is 6.03. The molecule has 1 aromatic carbocycles. The Balaban J connectivity index is 2.23. The quantitative estimate of drug-likeness (QED) is 0.677. The summed E-state index contributed by atoms with van der Waals surface area (Å²) >= 11 is 0. The van der Waals surface area contributed by atoms with E-state index in [9.17, 15) is 0 Å². The summed E-state index contributed by atoms with van der Waals surface area (Å²) in [6.07, 6.45) is 0. The summed E-state index contributed by atoms with van der Waals surface area (Å²) < 4.78 is 0. The SMILES string of the molecule is CN(C)Cc1ccc2c(c1)[N]N=N2. The van der Waals surface area contributed by atoms with Gasteiger partial charge in [-0.05, 0) is 37.0 Å². The first-order chi connectivity index (χ1) is 6.25.